The van der Waals surface area contributed by atoms with Crippen molar-refractivity contribution in [2.45, 2.75) is 12.5 Å². The van der Waals surface area contributed by atoms with E-state index in [2.05, 4.69) is 4.74 Å². The predicted octanol–water partition coefficient (Wildman–Crippen LogP) is -1.04. The second kappa shape index (κ2) is 3.84. The summed E-state index contributed by atoms with van der Waals surface area (Å²) in [5.41, 5.74) is 4.77. The van der Waals surface area contributed by atoms with E-state index in [0.717, 1.165) is 0 Å². The summed E-state index contributed by atoms with van der Waals surface area (Å²) in [4.78, 5) is 20.3. The van der Waals surface area contributed by atoms with Crippen molar-refractivity contribution >= 4 is 11.9 Å². The molecule has 0 bridgehead atoms. The number of ether oxygens (including phenoxy) is 1. The van der Waals surface area contributed by atoms with Crippen LogP contribution in [-0.2, 0) is 14.3 Å². The normalized spacial score (nSPS) is 12.5. The van der Waals surface area contributed by atoms with Crippen molar-refractivity contribution in [3.05, 3.63) is 0 Å². The van der Waals surface area contributed by atoms with Gasteiger partial charge in [0.25, 0.3) is 0 Å². The lowest BCUT2D eigenvalue weighted by Crippen LogP contribution is -2.32. The summed E-state index contributed by atoms with van der Waals surface area (Å²) in [6.07, 6.45) is -1.40. The Kier molecular flexibility index (Phi) is 3.42. The van der Waals surface area contributed by atoms with Crippen LogP contribution in [0.25, 0.3) is 0 Å². The molecule has 0 saturated heterocycles. The third-order valence-electron chi connectivity index (χ3n) is 0.962. The molecule has 0 radical (unpaired) electrons. The lowest BCUT2D eigenvalue weighted by atomic mass is 10.2. The first-order valence-electron chi connectivity index (χ1n) is 2.61. The van der Waals surface area contributed by atoms with E-state index in [9.17, 15) is 9.59 Å². The minimum absolute atomic E-state index is 0.383. The van der Waals surface area contributed by atoms with Crippen LogP contribution >= 0.6 is 0 Å². The summed E-state index contributed by atoms with van der Waals surface area (Å²) in [6.45, 7) is 0. The van der Waals surface area contributed by atoms with Crippen LogP contribution in [0.4, 0.5) is 0 Å². The number of carboxylic acids is 1. The fraction of sp³-hybridized carbons (Fsp3) is 0.600. The second-order valence-electron chi connectivity index (χ2n) is 1.72. The molecular formula is C5H9NO4. The van der Waals surface area contributed by atoms with E-state index >= 15 is 0 Å². The number of carboxylic acid groups (broad SMARTS) is 1. The van der Waals surface area contributed by atoms with Crippen molar-refractivity contribution in [2.75, 3.05) is 7.11 Å². The topological polar surface area (TPSA) is 89.6 Å². The molecule has 5 heteroatoms. The van der Waals surface area contributed by atoms with Gasteiger partial charge in [0, 0.05) is 7.11 Å². The number of methoxy groups -OCH3 is 1. The van der Waals surface area contributed by atoms with Crippen molar-refractivity contribution in [3.63, 3.8) is 0 Å². The Hall–Kier alpha value is -1.10. The smallest absolute Gasteiger partial charge is 0.306 e. The van der Waals surface area contributed by atoms with E-state index < -0.39 is 18.0 Å². The van der Waals surface area contributed by atoms with E-state index in [4.69, 9.17) is 10.8 Å². The van der Waals surface area contributed by atoms with E-state index in [1.807, 2.05) is 0 Å². The van der Waals surface area contributed by atoms with E-state index in [1.54, 1.807) is 0 Å². The zero-order valence-corrected chi connectivity index (χ0v) is 5.53. The summed E-state index contributed by atoms with van der Waals surface area (Å²) in [5, 5.41) is 8.18. The third-order valence-corrected chi connectivity index (χ3v) is 0.962. The van der Waals surface area contributed by atoms with Gasteiger partial charge in [-0.25, -0.2) is 0 Å². The molecule has 0 aromatic carbocycles. The molecule has 0 aliphatic heterocycles. The zero-order chi connectivity index (χ0) is 8.15. The maximum atomic E-state index is 10.3. The van der Waals surface area contributed by atoms with Crippen LogP contribution in [-0.4, -0.2) is 30.2 Å². The Morgan fingerprint density at radius 1 is 1.70 bits per heavy atom. The molecule has 0 spiro atoms. The number of rotatable bonds is 4. The number of nitrogens with two attached hydrogens (primary N) is 1. The lowest BCUT2D eigenvalue weighted by molar-refractivity contribution is -0.144. The van der Waals surface area contributed by atoms with Gasteiger partial charge in [0.2, 0.25) is 5.91 Å². The highest BCUT2D eigenvalue weighted by Gasteiger charge is 2.17. The van der Waals surface area contributed by atoms with Gasteiger partial charge in [0.15, 0.2) is 0 Å². The quantitative estimate of drug-likeness (QED) is 0.531. The number of hydrogen-bond donors (Lipinski definition) is 2. The lowest BCUT2D eigenvalue weighted by Gasteiger charge is -2.06. The predicted molar refractivity (Wildman–Crippen MR) is 32.2 cm³/mol. The molecule has 0 aliphatic carbocycles. The summed E-state index contributed by atoms with van der Waals surface area (Å²) in [6, 6.07) is 0. The van der Waals surface area contributed by atoms with E-state index in [1.165, 1.54) is 7.11 Å². The van der Waals surface area contributed by atoms with Crippen LogP contribution < -0.4 is 5.73 Å². The molecule has 10 heavy (non-hydrogen) atoms. The van der Waals surface area contributed by atoms with Gasteiger partial charge in [-0.2, -0.15) is 0 Å². The third kappa shape index (κ3) is 3.03. The fourth-order valence-electron chi connectivity index (χ4n) is 0.459. The van der Waals surface area contributed by atoms with Crippen LogP contribution in [0.1, 0.15) is 6.42 Å². The highest BCUT2D eigenvalue weighted by Crippen LogP contribution is 1.94. The molecule has 0 unspecified atom stereocenters. The number of carbonyl (C=O) groups is 2. The molecule has 1 atom stereocenters. The first kappa shape index (κ1) is 8.90. The van der Waals surface area contributed by atoms with E-state index in [-0.39, 0.29) is 6.42 Å². The van der Waals surface area contributed by atoms with Crippen LogP contribution in [0.15, 0.2) is 0 Å². The molecule has 0 heterocycles. The fourth-order valence-corrected chi connectivity index (χ4v) is 0.459. The van der Waals surface area contributed by atoms with Gasteiger partial charge in [-0.1, -0.05) is 0 Å². The SMILES string of the molecule is CO[C@H](CC(=O)O)C(N)=O. The molecule has 1 amide bonds. The van der Waals surface area contributed by atoms with Crippen LogP contribution in [0, 0.1) is 0 Å². The molecule has 0 aliphatic rings. The van der Waals surface area contributed by atoms with Gasteiger partial charge >= 0.3 is 5.97 Å². The van der Waals surface area contributed by atoms with Crippen molar-refractivity contribution in [1.29, 1.82) is 0 Å². The summed E-state index contributed by atoms with van der Waals surface area (Å²) in [5.74, 6) is -1.87. The molecule has 58 valence electrons. The average Bonchev–Trinajstić information content (AvgIpc) is 1.81. The molecule has 3 N–H and O–H groups in total. The monoisotopic (exact) mass is 147 g/mol. The average molecular weight is 147 g/mol. The molecule has 0 aromatic heterocycles. The molecule has 0 fully saturated rings. The molecular weight excluding hydrogens is 138 g/mol. The number of amides is 1. The van der Waals surface area contributed by atoms with Crippen molar-refractivity contribution in [1.82, 2.24) is 0 Å². The Labute approximate surface area is 57.8 Å². The Morgan fingerprint density at radius 3 is 2.30 bits per heavy atom. The van der Waals surface area contributed by atoms with Gasteiger partial charge in [-0.15, -0.1) is 0 Å². The minimum Gasteiger partial charge on any atom is -0.481 e. The highest BCUT2D eigenvalue weighted by atomic mass is 16.5. The van der Waals surface area contributed by atoms with Gasteiger partial charge in [-0.05, 0) is 0 Å². The van der Waals surface area contributed by atoms with Gasteiger partial charge < -0.3 is 15.6 Å². The second-order valence-corrected chi connectivity index (χ2v) is 1.72. The maximum Gasteiger partial charge on any atom is 0.306 e. The van der Waals surface area contributed by atoms with Crippen molar-refractivity contribution in [2.24, 2.45) is 5.73 Å². The van der Waals surface area contributed by atoms with Crippen molar-refractivity contribution in [3.8, 4) is 0 Å². The standard InChI is InChI=1S/C5H9NO4/c1-10-3(5(6)9)2-4(7)8/h3H,2H2,1H3,(H2,6,9)(H,7,8)/t3-/m1/s1. The van der Waals surface area contributed by atoms with Crippen molar-refractivity contribution < 1.29 is 19.4 Å². The Balaban J connectivity index is 3.83. The highest BCUT2D eigenvalue weighted by molar-refractivity contribution is 5.83. The summed E-state index contributed by atoms with van der Waals surface area (Å²) in [7, 11) is 1.23. The van der Waals surface area contributed by atoms with Crippen LogP contribution in [0.5, 0.6) is 0 Å². The summed E-state index contributed by atoms with van der Waals surface area (Å²) < 4.78 is 4.47. The maximum absolute atomic E-state index is 10.3. The van der Waals surface area contributed by atoms with Gasteiger partial charge in [0.05, 0.1) is 6.42 Å². The van der Waals surface area contributed by atoms with Gasteiger partial charge in [0.1, 0.15) is 6.10 Å². The zero-order valence-electron chi connectivity index (χ0n) is 5.53. The van der Waals surface area contributed by atoms with Crippen LogP contribution in [0.2, 0.25) is 0 Å². The Bertz CT molecular complexity index is 145. The number of carbonyl (C=O) groups excluding carboxylic acids is 1. The molecule has 5 nitrogen and oxygen atoms in total. The Morgan fingerprint density at radius 2 is 2.20 bits per heavy atom. The van der Waals surface area contributed by atoms with Crippen LogP contribution in [0.3, 0.4) is 0 Å². The molecule has 0 saturated carbocycles. The first-order chi connectivity index (χ1) is 4.57. The molecule has 0 aromatic rings. The van der Waals surface area contributed by atoms with E-state index in [0.29, 0.717) is 0 Å². The molecule has 0 rings (SSSR count). The largest absolute Gasteiger partial charge is 0.481 e. The summed E-state index contributed by atoms with van der Waals surface area (Å²) >= 11 is 0. The number of primary amides is 1. The number of hydrogen-bond acceptors (Lipinski definition) is 3. The minimum atomic E-state index is -1.11. The first-order valence-corrected chi connectivity index (χ1v) is 2.61. The van der Waals surface area contributed by atoms with Gasteiger partial charge in [-0.3, -0.25) is 9.59 Å². The number of aliphatic carboxylic acids is 1.